The van der Waals surface area contributed by atoms with E-state index in [-0.39, 0.29) is 35.9 Å². The number of halogens is 3. The van der Waals surface area contributed by atoms with Crippen LogP contribution in [0.15, 0.2) is 42.5 Å². The van der Waals surface area contributed by atoms with Crippen molar-refractivity contribution < 1.29 is 14.0 Å². The molecular formula is C24H29Cl2FN2O2S. The van der Waals surface area contributed by atoms with Crippen LogP contribution in [0.5, 0.6) is 0 Å². The summed E-state index contributed by atoms with van der Waals surface area (Å²) in [5.41, 5.74) is 1.25. The predicted octanol–water partition coefficient (Wildman–Crippen LogP) is 6.09. The molecule has 0 aliphatic rings. The van der Waals surface area contributed by atoms with Gasteiger partial charge in [-0.2, -0.15) is 0 Å². The second-order valence-corrected chi connectivity index (χ2v) is 9.41. The molecule has 1 N–H and O–H groups in total. The Bertz CT molecular complexity index is 891. The lowest BCUT2D eigenvalue weighted by atomic mass is 10.1. The Hall–Kier alpha value is -1.76. The van der Waals surface area contributed by atoms with Crippen molar-refractivity contribution in [1.29, 1.82) is 0 Å². The molecule has 174 valence electrons. The molecule has 0 aromatic heterocycles. The number of nitrogens with one attached hydrogen (secondary N) is 1. The van der Waals surface area contributed by atoms with Gasteiger partial charge in [-0.25, -0.2) is 4.39 Å². The van der Waals surface area contributed by atoms with E-state index in [1.54, 1.807) is 29.2 Å². The van der Waals surface area contributed by atoms with Gasteiger partial charge >= 0.3 is 0 Å². The highest BCUT2D eigenvalue weighted by Gasteiger charge is 2.29. The molecule has 0 saturated carbocycles. The van der Waals surface area contributed by atoms with Crippen molar-refractivity contribution in [2.75, 3.05) is 5.75 Å². The highest BCUT2D eigenvalue weighted by molar-refractivity contribution is 7.99. The number of nitrogens with zero attached hydrogens (tertiary/aromatic N) is 1. The molecule has 2 aromatic carbocycles. The van der Waals surface area contributed by atoms with Crippen molar-refractivity contribution in [3.8, 4) is 0 Å². The first-order valence-electron chi connectivity index (χ1n) is 10.6. The minimum Gasteiger partial charge on any atom is -0.352 e. The Morgan fingerprint density at radius 1 is 1.09 bits per heavy atom. The molecule has 0 aliphatic carbocycles. The molecule has 0 saturated heterocycles. The third-order valence-corrected chi connectivity index (χ3v) is 6.74. The average molecular weight is 499 g/mol. The fourth-order valence-corrected chi connectivity index (χ4v) is 4.52. The van der Waals surface area contributed by atoms with Gasteiger partial charge < -0.3 is 10.2 Å². The van der Waals surface area contributed by atoms with Gasteiger partial charge in [0.25, 0.3) is 0 Å². The highest BCUT2D eigenvalue weighted by atomic mass is 35.5. The minimum absolute atomic E-state index is 0.0154. The van der Waals surface area contributed by atoms with Crippen molar-refractivity contribution in [2.24, 2.45) is 0 Å². The fourth-order valence-electron chi connectivity index (χ4n) is 3.14. The number of carbonyl (C=O) groups is 2. The Balaban J connectivity index is 2.16. The van der Waals surface area contributed by atoms with E-state index in [1.165, 1.54) is 17.8 Å². The molecule has 2 rings (SSSR count). The quantitative estimate of drug-likeness (QED) is 0.407. The maximum Gasteiger partial charge on any atom is 0.243 e. The molecule has 0 spiro atoms. The number of hydrogen-bond donors (Lipinski definition) is 1. The van der Waals surface area contributed by atoms with Gasteiger partial charge in [-0.1, -0.05) is 55.2 Å². The van der Waals surface area contributed by atoms with Crippen LogP contribution in [0, 0.1) is 5.82 Å². The molecule has 2 atom stereocenters. The van der Waals surface area contributed by atoms with Gasteiger partial charge in [-0.3, -0.25) is 9.59 Å². The van der Waals surface area contributed by atoms with Gasteiger partial charge in [0.05, 0.1) is 5.75 Å². The van der Waals surface area contributed by atoms with E-state index in [0.717, 1.165) is 12.0 Å². The summed E-state index contributed by atoms with van der Waals surface area (Å²) in [7, 11) is 0. The molecule has 0 unspecified atom stereocenters. The van der Waals surface area contributed by atoms with Gasteiger partial charge in [0.1, 0.15) is 11.9 Å². The SMILES string of the molecule is CC[C@H](C(=O)N[C@@H](C)CC)N(Cc1ccc(Cl)cc1)C(=O)CSCc1c(F)cccc1Cl. The summed E-state index contributed by atoms with van der Waals surface area (Å²) in [4.78, 5) is 27.7. The second-order valence-electron chi connectivity index (χ2n) is 7.58. The standard InChI is InChI=1S/C24H29Cl2FN2O2S/c1-4-16(3)28-24(31)22(5-2)29(13-17-9-11-18(25)12-10-17)23(30)15-32-14-19-20(26)7-6-8-21(19)27/h6-12,16,22H,4-5,13-15H2,1-3H3,(H,28,31)/t16-,22+/m0/s1. The van der Waals surface area contributed by atoms with Crippen LogP contribution >= 0.6 is 35.0 Å². The molecular weight excluding hydrogens is 470 g/mol. The van der Waals surface area contributed by atoms with Crippen LogP contribution in [0.25, 0.3) is 0 Å². The number of rotatable bonds is 11. The first-order valence-corrected chi connectivity index (χ1v) is 12.5. The number of thioether (sulfide) groups is 1. The molecule has 32 heavy (non-hydrogen) atoms. The monoisotopic (exact) mass is 498 g/mol. The third kappa shape index (κ3) is 7.68. The van der Waals surface area contributed by atoms with Crippen LogP contribution in [0.2, 0.25) is 10.0 Å². The van der Waals surface area contributed by atoms with Crippen molar-refractivity contribution in [3.63, 3.8) is 0 Å². The topological polar surface area (TPSA) is 49.4 Å². The maximum absolute atomic E-state index is 14.0. The summed E-state index contributed by atoms with van der Waals surface area (Å²) in [6, 6.07) is 11.1. The van der Waals surface area contributed by atoms with E-state index >= 15 is 0 Å². The van der Waals surface area contributed by atoms with Gasteiger partial charge in [0.2, 0.25) is 11.8 Å². The van der Waals surface area contributed by atoms with Crippen LogP contribution in [-0.2, 0) is 21.9 Å². The molecule has 0 heterocycles. The second kappa shape index (κ2) is 13.1. The largest absolute Gasteiger partial charge is 0.352 e. The number of benzene rings is 2. The van der Waals surface area contributed by atoms with Crippen molar-refractivity contribution in [2.45, 2.75) is 58.0 Å². The van der Waals surface area contributed by atoms with Crippen molar-refractivity contribution >= 4 is 46.8 Å². The van der Waals surface area contributed by atoms with Crippen LogP contribution in [0.4, 0.5) is 4.39 Å². The zero-order valence-corrected chi connectivity index (χ0v) is 20.9. The van der Waals surface area contributed by atoms with E-state index < -0.39 is 11.9 Å². The molecule has 2 amide bonds. The molecule has 2 aromatic rings. The van der Waals surface area contributed by atoms with Crippen LogP contribution in [0.3, 0.4) is 0 Å². The van der Waals surface area contributed by atoms with Gasteiger partial charge in [-0.15, -0.1) is 11.8 Å². The molecule has 0 radical (unpaired) electrons. The Morgan fingerprint density at radius 2 is 1.78 bits per heavy atom. The number of hydrogen-bond acceptors (Lipinski definition) is 3. The van der Waals surface area contributed by atoms with E-state index in [4.69, 9.17) is 23.2 Å². The Kier molecular flexibility index (Phi) is 10.8. The van der Waals surface area contributed by atoms with Crippen molar-refractivity contribution in [1.82, 2.24) is 10.2 Å². The summed E-state index contributed by atoms with van der Waals surface area (Å²) >= 11 is 13.4. The fraction of sp³-hybridized carbons (Fsp3) is 0.417. The number of carbonyl (C=O) groups excluding carboxylic acids is 2. The van der Waals surface area contributed by atoms with Crippen LogP contribution in [0.1, 0.15) is 44.7 Å². The van der Waals surface area contributed by atoms with Gasteiger partial charge in [0, 0.05) is 33.9 Å². The lowest BCUT2D eigenvalue weighted by molar-refractivity contribution is -0.139. The normalized spacial score (nSPS) is 12.8. The highest BCUT2D eigenvalue weighted by Crippen LogP contribution is 2.25. The summed E-state index contributed by atoms with van der Waals surface area (Å²) in [6.07, 6.45) is 1.28. The smallest absolute Gasteiger partial charge is 0.243 e. The average Bonchev–Trinajstić information content (AvgIpc) is 2.76. The van der Waals surface area contributed by atoms with Gasteiger partial charge in [0.15, 0.2) is 0 Å². The molecule has 4 nitrogen and oxygen atoms in total. The van der Waals surface area contributed by atoms with E-state index in [0.29, 0.717) is 22.0 Å². The third-order valence-electron chi connectivity index (χ3n) is 5.19. The molecule has 8 heteroatoms. The lowest BCUT2D eigenvalue weighted by Gasteiger charge is -2.31. The first kappa shape index (κ1) is 26.5. The summed E-state index contributed by atoms with van der Waals surface area (Å²) < 4.78 is 14.0. The Labute approximate surface area is 203 Å². The predicted molar refractivity (Wildman–Crippen MR) is 132 cm³/mol. The van der Waals surface area contributed by atoms with Crippen molar-refractivity contribution in [3.05, 3.63) is 69.5 Å². The zero-order valence-electron chi connectivity index (χ0n) is 18.5. The summed E-state index contributed by atoms with van der Waals surface area (Å²) in [5, 5.41) is 3.92. The van der Waals surface area contributed by atoms with E-state index in [1.807, 2.05) is 32.9 Å². The van der Waals surface area contributed by atoms with E-state index in [2.05, 4.69) is 5.32 Å². The van der Waals surface area contributed by atoms with Gasteiger partial charge in [-0.05, 0) is 49.6 Å². The molecule has 0 bridgehead atoms. The summed E-state index contributed by atoms with van der Waals surface area (Å²) in [5.74, 6) is -0.391. The maximum atomic E-state index is 14.0. The lowest BCUT2D eigenvalue weighted by Crippen LogP contribution is -2.51. The van der Waals surface area contributed by atoms with E-state index in [9.17, 15) is 14.0 Å². The zero-order chi connectivity index (χ0) is 23.7. The van der Waals surface area contributed by atoms with Crippen LogP contribution < -0.4 is 5.32 Å². The first-order chi connectivity index (χ1) is 15.3. The molecule has 0 fully saturated rings. The minimum atomic E-state index is -0.607. The summed E-state index contributed by atoms with van der Waals surface area (Å²) in [6.45, 7) is 6.09. The Morgan fingerprint density at radius 3 is 2.38 bits per heavy atom. The number of amides is 2. The van der Waals surface area contributed by atoms with Crippen LogP contribution in [-0.4, -0.2) is 34.6 Å². The molecule has 0 aliphatic heterocycles.